The van der Waals surface area contributed by atoms with E-state index in [-0.39, 0.29) is 0 Å². The number of hydrogen-bond donors (Lipinski definition) is 2. The maximum atomic E-state index is 5.83. The lowest BCUT2D eigenvalue weighted by Crippen LogP contribution is -2.41. The first-order valence-corrected chi connectivity index (χ1v) is 7.90. The number of ether oxygens (including phenoxy) is 1. The van der Waals surface area contributed by atoms with Crippen molar-refractivity contribution < 1.29 is 4.74 Å². The van der Waals surface area contributed by atoms with Crippen molar-refractivity contribution in [2.75, 3.05) is 6.61 Å². The summed E-state index contributed by atoms with van der Waals surface area (Å²) in [5.41, 5.74) is 5.70. The Labute approximate surface area is 121 Å². The standard InChI is InChI=1S/C16H25N3O/c17-19-15(9-8-13-6-3-11-20-13)14-7-1-4-12-5-2-10-18-16(12)14/h2,5,10,13-15,19H,1,3-4,6-9,11,17H2. The molecule has 0 bridgehead atoms. The van der Waals surface area contributed by atoms with Crippen molar-refractivity contribution in [2.45, 2.75) is 63.0 Å². The molecule has 1 aromatic rings. The van der Waals surface area contributed by atoms with E-state index in [9.17, 15) is 0 Å². The molecule has 1 aromatic heterocycles. The SMILES string of the molecule is NNC(CCC1CCCO1)C1CCCc2cccnc21. The average Bonchev–Trinajstić information content (AvgIpc) is 3.01. The molecule has 2 heterocycles. The number of aromatic nitrogens is 1. The fraction of sp³-hybridized carbons (Fsp3) is 0.688. The van der Waals surface area contributed by atoms with Crippen LogP contribution in [0.1, 0.15) is 55.7 Å². The predicted octanol–water partition coefficient (Wildman–Crippen LogP) is 2.29. The normalized spacial score (nSPS) is 27.2. The summed E-state index contributed by atoms with van der Waals surface area (Å²) in [5, 5.41) is 0. The van der Waals surface area contributed by atoms with Crippen molar-refractivity contribution in [1.82, 2.24) is 10.4 Å². The maximum Gasteiger partial charge on any atom is 0.0576 e. The van der Waals surface area contributed by atoms with Crippen LogP contribution in [-0.4, -0.2) is 23.7 Å². The van der Waals surface area contributed by atoms with Crippen LogP contribution < -0.4 is 11.3 Å². The molecular weight excluding hydrogens is 250 g/mol. The Balaban J connectivity index is 1.66. The van der Waals surface area contributed by atoms with Crippen LogP contribution in [-0.2, 0) is 11.2 Å². The highest BCUT2D eigenvalue weighted by Crippen LogP contribution is 2.34. The van der Waals surface area contributed by atoms with E-state index in [2.05, 4.69) is 16.5 Å². The summed E-state index contributed by atoms with van der Waals surface area (Å²) in [7, 11) is 0. The van der Waals surface area contributed by atoms with E-state index in [1.54, 1.807) is 0 Å². The number of fused-ring (bicyclic) bond motifs is 1. The molecule has 3 N–H and O–H groups in total. The zero-order valence-corrected chi connectivity index (χ0v) is 12.1. The van der Waals surface area contributed by atoms with Gasteiger partial charge in [0, 0.05) is 30.5 Å². The fourth-order valence-corrected chi connectivity index (χ4v) is 3.68. The summed E-state index contributed by atoms with van der Waals surface area (Å²) in [4.78, 5) is 4.62. The van der Waals surface area contributed by atoms with Gasteiger partial charge in [-0.3, -0.25) is 16.3 Å². The smallest absolute Gasteiger partial charge is 0.0576 e. The van der Waals surface area contributed by atoms with Crippen molar-refractivity contribution in [3.8, 4) is 0 Å². The van der Waals surface area contributed by atoms with Gasteiger partial charge in [0.05, 0.1) is 6.10 Å². The molecule has 1 saturated heterocycles. The van der Waals surface area contributed by atoms with Gasteiger partial charge < -0.3 is 4.74 Å². The number of hydrazine groups is 1. The average molecular weight is 275 g/mol. The Morgan fingerprint density at radius 1 is 1.40 bits per heavy atom. The van der Waals surface area contributed by atoms with Gasteiger partial charge in [-0.15, -0.1) is 0 Å². The van der Waals surface area contributed by atoms with Crippen LogP contribution in [0, 0.1) is 0 Å². The first kappa shape index (κ1) is 14.0. The number of nitrogens with one attached hydrogen (secondary N) is 1. The molecule has 0 amide bonds. The van der Waals surface area contributed by atoms with Gasteiger partial charge in [-0.1, -0.05) is 6.07 Å². The topological polar surface area (TPSA) is 60.2 Å². The molecule has 1 aliphatic carbocycles. The van der Waals surface area contributed by atoms with Gasteiger partial charge >= 0.3 is 0 Å². The van der Waals surface area contributed by atoms with Gasteiger partial charge in [0.15, 0.2) is 0 Å². The summed E-state index contributed by atoms with van der Waals surface area (Å²) in [6, 6.07) is 4.56. The molecule has 20 heavy (non-hydrogen) atoms. The van der Waals surface area contributed by atoms with E-state index in [1.165, 1.54) is 36.9 Å². The molecule has 0 spiro atoms. The minimum atomic E-state index is 0.313. The van der Waals surface area contributed by atoms with Crippen LogP contribution in [0.25, 0.3) is 0 Å². The molecular formula is C16H25N3O. The molecule has 0 aromatic carbocycles. The van der Waals surface area contributed by atoms with Gasteiger partial charge in [0.25, 0.3) is 0 Å². The van der Waals surface area contributed by atoms with E-state index >= 15 is 0 Å². The Kier molecular flexibility index (Phi) is 4.65. The Hall–Kier alpha value is -0.970. The van der Waals surface area contributed by atoms with Crippen molar-refractivity contribution in [1.29, 1.82) is 0 Å². The van der Waals surface area contributed by atoms with Crippen LogP contribution >= 0.6 is 0 Å². The van der Waals surface area contributed by atoms with E-state index in [1.807, 2.05) is 12.3 Å². The van der Waals surface area contributed by atoms with Gasteiger partial charge in [-0.2, -0.15) is 0 Å². The molecule has 0 saturated carbocycles. The van der Waals surface area contributed by atoms with Gasteiger partial charge in [0.2, 0.25) is 0 Å². The molecule has 1 fully saturated rings. The third kappa shape index (κ3) is 3.03. The van der Waals surface area contributed by atoms with Crippen LogP contribution in [0.2, 0.25) is 0 Å². The number of nitrogens with zero attached hydrogens (tertiary/aromatic N) is 1. The summed E-state index contributed by atoms with van der Waals surface area (Å²) >= 11 is 0. The monoisotopic (exact) mass is 275 g/mol. The second kappa shape index (κ2) is 6.66. The Morgan fingerprint density at radius 2 is 2.35 bits per heavy atom. The van der Waals surface area contributed by atoms with Gasteiger partial charge in [-0.05, 0) is 56.6 Å². The molecule has 2 aliphatic rings. The largest absolute Gasteiger partial charge is 0.378 e. The van der Waals surface area contributed by atoms with Crippen LogP contribution in [0.3, 0.4) is 0 Å². The molecule has 3 atom stereocenters. The minimum Gasteiger partial charge on any atom is -0.378 e. The van der Waals surface area contributed by atoms with Crippen molar-refractivity contribution in [2.24, 2.45) is 5.84 Å². The molecule has 0 radical (unpaired) electrons. The molecule has 1 aliphatic heterocycles. The summed E-state index contributed by atoms with van der Waals surface area (Å²) < 4.78 is 5.72. The number of hydrogen-bond acceptors (Lipinski definition) is 4. The van der Waals surface area contributed by atoms with Crippen LogP contribution in [0.4, 0.5) is 0 Å². The van der Waals surface area contributed by atoms with Gasteiger partial charge in [-0.25, -0.2) is 0 Å². The van der Waals surface area contributed by atoms with E-state index in [0.29, 0.717) is 18.1 Å². The Morgan fingerprint density at radius 3 is 3.15 bits per heavy atom. The molecule has 4 nitrogen and oxygen atoms in total. The lowest BCUT2D eigenvalue weighted by molar-refractivity contribution is 0.0982. The quantitative estimate of drug-likeness (QED) is 0.639. The summed E-state index contributed by atoms with van der Waals surface area (Å²) in [5.74, 6) is 6.28. The molecule has 4 heteroatoms. The van der Waals surface area contributed by atoms with E-state index < -0.39 is 0 Å². The van der Waals surface area contributed by atoms with Gasteiger partial charge in [0.1, 0.15) is 0 Å². The highest BCUT2D eigenvalue weighted by Gasteiger charge is 2.29. The minimum absolute atomic E-state index is 0.313. The Bertz CT molecular complexity index is 431. The van der Waals surface area contributed by atoms with Crippen molar-refractivity contribution in [3.63, 3.8) is 0 Å². The molecule has 3 unspecified atom stereocenters. The first-order chi connectivity index (χ1) is 9.88. The summed E-state index contributed by atoms with van der Waals surface area (Å²) in [6.07, 6.45) is 10.5. The van der Waals surface area contributed by atoms with Crippen molar-refractivity contribution in [3.05, 3.63) is 29.6 Å². The second-order valence-electron chi connectivity index (χ2n) is 6.03. The highest BCUT2D eigenvalue weighted by molar-refractivity contribution is 5.27. The summed E-state index contributed by atoms with van der Waals surface area (Å²) in [6.45, 7) is 0.930. The number of pyridine rings is 1. The lowest BCUT2D eigenvalue weighted by Gasteiger charge is -2.31. The van der Waals surface area contributed by atoms with E-state index in [4.69, 9.17) is 10.6 Å². The molecule has 110 valence electrons. The second-order valence-corrected chi connectivity index (χ2v) is 6.03. The van der Waals surface area contributed by atoms with E-state index in [0.717, 1.165) is 25.9 Å². The molecule has 3 rings (SSSR count). The predicted molar refractivity (Wildman–Crippen MR) is 79.2 cm³/mol. The maximum absolute atomic E-state index is 5.83. The number of nitrogens with two attached hydrogens (primary N) is 1. The van der Waals surface area contributed by atoms with Crippen LogP contribution in [0.5, 0.6) is 0 Å². The number of aryl methyl sites for hydroxylation is 1. The number of rotatable bonds is 5. The lowest BCUT2D eigenvalue weighted by atomic mass is 9.80. The third-order valence-electron chi connectivity index (χ3n) is 4.76. The fourth-order valence-electron chi connectivity index (χ4n) is 3.68. The zero-order valence-electron chi connectivity index (χ0n) is 12.1. The van der Waals surface area contributed by atoms with Crippen LogP contribution in [0.15, 0.2) is 18.3 Å². The highest BCUT2D eigenvalue weighted by atomic mass is 16.5. The third-order valence-corrected chi connectivity index (χ3v) is 4.76. The zero-order chi connectivity index (χ0) is 13.8. The first-order valence-electron chi connectivity index (χ1n) is 7.90. The van der Waals surface area contributed by atoms with Crippen molar-refractivity contribution >= 4 is 0 Å².